The number of rotatable bonds is 6. The highest BCUT2D eigenvalue weighted by molar-refractivity contribution is 7.92. The van der Waals surface area contributed by atoms with E-state index in [1.165, 1.54) is 22.6 Å². The molecular weight excluding hydrogens is 508 g/mol. The summed E-state index contributed by atoms with van der Waals surface area (Å²) in [6.45, 7) is 7.00. The normalized spacial score (nSPS) is 18.7. The van der Waals surface area contributed by atoms with Gasteiger partial charge in [-0.15, -0.1) is 0 Å². The Hall–Kier alpha value is -2.89. The molecule has 0 saturated carbocycles. The number of carbonyl (C=O) groups is 2. The van der Waals surface area contributed by atoms with Crippen molar-refractivity contribution in [2.45, 2.75) is 43.8 Å². The molecule has 2 aliphatic heterocycles. The molecular formula is C24H29ClN4O6S. The molecule has 2 aliphatic rings. The van der Waals surface area contributed by atoms with Crippen LogP contribution >= 0.6 is 11.6 Å². The molecule has 0 unspecified atom stereocenters. The van der Waals surface area contributed by atoms with E-state index in [2.05, 4.69) is 10.3 Å². The van der Waals surface area contributed by atoms with Crippen LogP contribution in [0.25, 0.3) is 0 Å². The number of anilines is 1. The van der Waals surface area contributed by atoms with E-state index in [1.807, 2.05) is 4.90 Å². The molecule has 0 spiro atoms. The van der Waals surface area contributed by atoms with Gasteiger partial charge in [0.15, 0.2) is 0 Å². The second-order valence-corrected chi connectivity index (χ2v) is 12.0. The van der Waals surface area contributed by atoms with Gasteiger partial charge in [-0.05, 0) is 50.6 Å². The van der Waals surface area contributed by atoms with E-state index < -0.39 is 27.7 Å². The number of halogens is 1. The number of sulfonamides is 1. The Morgan fingerprint density at radius 3 is 2.78 bits per heavy atom. The molecule has 1 N–H and O–H groups in total. The van der Waals surface area contributed by atoms with Gasteiger partial charge in [0, 0.05) is 30.9 Å². The fourth-order valence-corrected chi connectivity index (χ4v) is 5.87. The lowest BCUT2D eigenvalue weighted by molar-refractivity contribution is -0.153. The minimum Gasteiger partial charge on any atom is -0.470 e. The van der Waals surface area contributed by atoms with E-state index in [-0.39, 0.29) is 46.9 Å². The third-order valence-corrected chi connectivity index (χ3v) is 7.55. The Morgan fingerprint density at radius 2 is 2.08 bits per heavy atom. The number of fused-ring (bicyclic) bond motifs is 1. The maximum absolute atomic E-state index is 13.7. The number of amides is 1. The third-order valence-electron chi connectivity index (χ3n) is 5.54. The molecule has 1 aromatic heterocycles. The maximum atomic E-state index is 13.7. The Bertz CT molecular complexity index is 1260. The first kappa shape index (κ1) is 26.2. The molecule has 1 aromatic carbocycles. The molecule has 1 amide bonds. The highest BCUT2D eigenvalue weighted by Crippen LogP contribution is 2.37. The number of benzene rings is 1. The number of nitrogens with one attached hydrogen (secondary N) is 1. The summed E-state index contributed by atoms with van der Waals surface area (Å²) in [6, 6.07) is 7.60. The molecule has 36 heavy (non-hydrogen) atoms. The summed E-state index contributed by atoms with van der Waals surface area (Å²) in [7, 11) is -4.04. The van der Waals surface area contributed by atoms with Crippen LogP contribution in [0.4, 0.5) is 5.69 Å². The molecule has 10 nitrogen and oxygen atoms in total. The molecule has 2 aromatic rings. The molecule has 12 heteroatoms. The summed E-state index contributed by atoms with van der Waals surface area (Å²) >= 11 is 6.08. The van der Waals surface area contributed by atoms with Gasteiger partial charge in [0.2, 0.25) is 11.8 Å². The lowest BCUT2D eigenvalue weighted by Crippen LogP contribution is -2.54. The predicted molar refractivity (Wildman–Crippen MR) is 134 cm³/mol. The van der Waals surface area contributed by atoms with Gasteiger partial charge in [0.25, 0.3) is 10.0 Å². The van der Waals surface area contributed by atoms with Crippen LogP contribution in [0.15, 0.2) is 41.4 Å². The topological polar surface area (TPSA) is 118 Å². The number of ether oxygens (including phenoxy) is 2. The number of piperazine rings is 1. The van der Waals surface area contributed by atoms with Gasteiger partial charge >= 0.3 is 5.97 Å². The first-order chi connectivity index (χ1) is 16.9. The Labute approximate surface area is 215 Å². The van der Waals surface area contributed by atoms with Gasteiger partial charge in [-0.3, -0.25) is 18.8 Å². The zero-order chi connectivity index (χ0) is 26.1. The lowest BCUT2D eigenvalue weighted by Gasteiger charge is -2.37. The molecule has 1 fully saturated rings. The molecule has 4 rings (SSSR count). The van der Waals surface area contributed by atoms with Crippen molar-refractivity contribution in [2.75, 3.05) is 37.0 Å². The number of hydrogen-bond acceptors (Lipinski definition) is 8. The van der Waals surface area contributed by atoms with E-state index >= 15 is 0 Å². The highest BCUT2D eigenvalue weighted by atomic mass is 35.5. The molecule has 0 aliphatic carbocycles. The summed E-state index contributed by atoms with van der Waals surface area (Å²) in [5.74, 6) is -0.413. The van der Waals surface area contributed by atoms with Gasteiger partial charge in [-0.25, -0.2) is 13.4 Å². The number of esters is 1. The summed E-state index contributed by atoms with van der Waals surface area (Å²) in [4.78, 5) is 30.5. The zero-order valence-corrected chi connectivity index (χ0v) is 21.9. The summed E-state index contributed by atoms with van der Waals surface area (Å²) < 4.78 is 40.1. The maximum Gasteiger partial charge on any atom is 0.310 e. The molecule has 3 heterocycles. The van der Waals surface area contributed by atoms with Crippen molar-refractivity contribution in [1.29, 1.82) is 0 Å². The molecule has 1 saturated heterocycles. The van der Waals surface area contributed by atoms with Crippen LogP contribution in [0.3, 0.4) is 0 Å². The van der Waals surface area contributed by atoms with Crippen LogP contribution in [-0.2, 0) is 30.8 Å². The zero-order valence-electron chi connectivity index (χ0n) is 20.4. The van der Waals surface area contributed by atoms with Gasteiger partial charge < -0.3 is 14.8 Å². The van der Waals surface area contributed by atoms with Gasteiger partial charge in [-0.1, -0.05) is 17.7 Å². The average Bonchev–Trinajstić information content (AvgIpc) is 2.77. The van der Waals surface area contributed by atoms with Crippen molar-refractivity contribution in [3.8, 4) is 5.88 Å². The minimum absolute atomic E-state index is 0.00244. The lowest BCUT2D eigenvalue weighted by atomic mass is 10.1. The highest BCUT2D eigenvalue weighted by Gasteiger charge is 2.37. The number of nitrogens with zero attached hydrogens (tertiary/aromatic N) is 3. The third kappa shape index (κ3) is 6.26. The second kappa shape index (κ2) is 10.2. The fourth-order valence-electron chi connectivity index (χ4n) is 4.08. The van der Waals surface area contributed by atoms with Gasteiger partial charge in [0.05, 0.1) is 24.4 Å². The van der Waals surface area contributed by atoms with Crippen LogP contribution in [0.1, 0.15) is 26.3 Å². The van der Waals surface area contributed by atoms with E-state index in [9.17, 15) is 18.0 Å². The molecule has 0 bridgehead atoms. The van der Waals surface area contributed by atoms with Crippen molar-refractivity contribution in [3.63, 3.8) is 0 Å². The number of hydrogen-bond donors (Lipinski definition) is 1. The van der Waals surface area contributed by atoms with E-state index in [1.54, 1.807) is 39.0 Å². The van der Waals surface area contributed by atoms with Crippen molar-refractivity contribution < 1.29 is 27.5 Å². The average molecular weight is 537 g/mol. The Balaban J connectivity index is 1.66. The van der Waals surface area contributed by atoms with Crippen LogP contribution in [0, 0.1) is 0 Å². The molecule has 0 radical (unpaired) electrons. The van der Waals surface area contributed by atoms with Crippen LogP contribution in [0.5, 0.6) is 5.88 Å². The molecule has 1 atom stereocenters. The fraction of sp³-hybridized carbons (Fsp3) is 0.458. The van der Waals surface area contributed by atoms with Crippen LogP contribution < -0.4 is 14.4 Å². The quantitative estimate of drug-likeness (QED) is 0.557. The van der Waals surface area contributed by atoms with Crippen LogP contribution in [0.2, 0.25) is 5.02 Å². The van der Waals surface area contributed by atoms with Crippen molar-refractivity contribution in [1.82, 2.24) is 15.2 Å². The SMILES string of the molecule is CC(C)(C)OC(=O)Cc1cnc2c(c1)N(S(=O)(=O)c1cccc(Cl)c1)C[C@H](CN1CCNC(=O)C1)O2. The number of carbonyl (C=O) groups excluding carboxylic acids is 2. The summed E-state index contributed by atoms with van der Waals surface area (Å²) in [5, 5.41) is 3.06. The largest absolute Gasteiger partial charge is 0.470 e. The van der Waals surface area contributed by atoms with E-state index in [0.717, 1.165) is 0 Å². The number of aromatic nitrogens is 1. The first-order valence-corrected chi connectivity index (χ1v) is 13.4. The summed E-state index contributed by atoms with van der Waals surface area (Å²) in [6.07, 6.45) is 0.833. The van der Waals surface area contributed by atoms with Crippen molar-refractivity contribution >= 4 is 39.2 Å². The van der Waals surface area contributed by atoms with E-state index in [4.69, 9.17) is 21.1 Å². The second-order valence-electron chi connectivity index (χ2n) is 9.75. The predicted octanol–water partition coefficient (Wildman–Crippen LogP) is 2.01. The number of pyridine rings is 1. The molecule has 194 valence electrons. The van der Waals surface area contributed by atoms with Crippen molar-refractivity contribution in [2.24, 2.45) is 0 Å². The smallest absolute Gasteiger partial charge is 0.310 e. The Morgan fingerprint density at radius 1 is 1.31 bits per heavy atom. The van der Waals surface area contributed by atoms with Gasteiger partial charge in [0.1, 0.15) is 17.4 Å². The Kier molecular flexibility index (Phi) is 7.44. The van der Waals surface area contributed by atoms with Crippen LogP contribution in [-0.4, -0.2) is 74.6 Å². The summed E-state index contributed by atoms with van der Waals surface area (Å²) in [5.41, 5.74) is 0.0650. The first-order valence-electron chi connectivity index (χ1n) is 11.6. The van der Waals surface area contributed by atoms with E-state index in [0.29, 0.717) is 25.2 Å². The minimum atomic E-state index is -4.04. The standard InChI is InChI=1S/C24H29ClN4O6S/c1-24(2,3)35-22(31)10-16-9-20-23(27-12-16)34-18(13-28-8-7-26-21(30)15-28)14-29(20)36(32,33)19-6-4-5-17(25)11-19/h4-6,9,11-12,18H,7-8,10,13-15H2,1-3H3,(H,26,30)/t18-/m0/s1. The van der Waals surface area contributed by atoms with Crippen molar-refractivity contribution in [3.05, 3.63) is 47.1 Å². The van der Waals surface area contributed by atoms with Gasteiger partial charge in [-0.2, -0.15) is 0 Å². The monoisotopic (exact) mass is 536 g/mol.